The molecule has 3 fully saturated rings. The molecule has 1 unspecified atom stereocenters. The van der Waals surface area contributed by atoms with Gasteiger partial charge in [0.1, 0.15) is 4.90 Å². The van der Waals surface area contributed by atoms with Crippen LogP contribution < -0.4 is 14.9 Å². The van der Waals surface area contributed by atoms with E-state index in [2.05, 4.69) is 71.7 Å². The number of rotatable bonds is 16. The van der Waals surface area contributed by atoms with E-state index in [0.717, 1.165) is 106 Å². The van der Waals surface area contributed by atoms with E-state index in [1.807, 2.05) is 47.2 Å². The molecule has 4 aromatic rings. The molecule has 1 aliphatic carbocycles. The third-order valence-corrected chi connectivity index (χ3v) is 18.5. The summed E-state index contributed by atoms with van der Waals surface area (Å²) < 4.78 is 98.5. The van der Waals surface area contributed by atoms with Crippen molar-refractivity contribution < 1.29 is 34.8 Å². The number of hydrogen-bond acceptors (Lipinski definition) is 11. The predicted molar refractivity (Wildman–Crippen MR) is 275 cm³/mol. The second-order valence-electron chi connectivity index (χ2n) is 21.3. The molecule has 0 bridgehead atoms. The maximum absolute atomic E-state index is 14.3. The van der Waals surface area contributed by atoms with Crippen molar-refractivity contribution in [3.8, 4) is 0 Å². The third-order valence-electron chi connectivity index (χ3n) is 14.2. The van der Waals surface area contributed by atoms with Gasteiger partial charge < -0.3 is 15.1 Å². The Morgan fingerprint density at radius 1 is 0.829 bits per heavy atom. The van der Waals surface area contributed by atoms with Crippen molar-refractivity contribution in [2.24, 2.45) is 10.8 Å². The largest absolute Gasteiger partial charge is 0.501 e. The summed E-state index contributed by atoms with van der Waals surface area (Å²) >= 11 is 7.67. The van der Waals surface area contributed by atoms with Crippen molar-refractivity contribution in [2.75, 3.05) is 81.4 Å². The summed E-state index contributed by atoms with van der Waals surface area (Å²) in [6.07, 6.45) is 3.71. The summed E-state index contributed by atoms with van der Waals surface area (Å²) in [6.45, 7) is 19.7. The standard InChI is InChI=1S/C52H64ClF3N6O5S3/c1-49(2,3)62-27-25-59(26-28-62)24-22-41(32-68-43-9-7-6-8-10-43)57-46-20-19-44(29-47(46)69(64,65)52(54,55)56)70(66,67)58-48(63)38-13-17-42(18-14-38)61-35-51(36-61)33-60(34-51)31-39-30-50(4,5)23-21-45(39)37-11-15-40(53)16-12-37/h6-20,29,41,57H,21-28,30-36H2,1-5H3,(H,58,63). The number of carbonyl (C=O) groups is 1. The first-order chi connectivity index (χ1) is 32.9. The number of sulfonamides is 1. The SMILES string of the molecule is CC1(C)CCC(c2ccc(Cl)cc2)=C(CN2CC3(C2)CN(c2ccc(C(=O)NS(=O)(=O)c4ccc(NC(CCN5CCN(C(C)(C)C)CC5)CSc5ccccc5)c(S(=O)(=O)C(F)(F)F)c4)cc2)C3)C1. The Hall–Kier alpha value is -4.10. The summed E-state index contributed by atoms with van der Waals surface area (Å²) in [5, 5.41) is 3.78. The average molecular weight is 1040 g/mol. The van der Waals surface area contributed by atoms with E-state index in [-0.39, 0.29) is 27.6 Å². The smallest absolute Gasteiger partial charge is 0.380 e. The molecular weight excluding hydrogens is 977 g/mol. The van der Waals surface area contributed by atoms with Crippen LogP contribution in [0.1, 0.15) is 76.2 Å². The number of amides is 1. The number of halogens is 4. The number of piperazine rings is 1. The van der Waals surface area contributed by atoms with Gasteiger partial charge in [-0.25, -0.2) is 21.6 Å². The van der Waals surface area contributed by atoms with Gasteiger partial charge in [-0.3, -0.25) is 14.6 Å². The molecule has 1 amide bonds. The Kier molecular flexibility index (Phi) is 15.2. The Balaban J connectivity index is 0.908. The van der Waals surface area contributed by atoms with E-state index in [1.165, 1.54) is 40.6 Å². The molecule has 1 atom stereocenters. The number of benzene rings is 4. The summed E-state index contributed by atoms with van der Waals surface area (Å²) in [5.74, 6) is -0.628. The zero-order valence-corrected chi connectivity index (χ0v) is 43.7. The molecule has 0 radical (unpaired) electrons. The summed E-state index contributed by atoms with van der Waals surface area (Å²) in [4.78, 5) is 21.7. The fraction of sp³-hybridized carbons (Fsp3) is 0.481. The molecule has 1 spiro atoms. The highest BCUT2D eigenvalue weighted by atomic mass is 35.5. The topological polar surface area (TPSA) is 122 Å². The summed E-state index contributed by atoms with van der Waals surface area (Å²) in [7, 11) is -10.9. The lowest BCUT2D eigenvalue weighted by molar-refractivity contribution is -0.0435. The number of nitrogens with zero attached hydrogens (tertiary/aromatic N) is 4. The van der Waals surface area contributed by atoms with Gasteiger partial charge in [0.2, 0.25) is 0 Å². The van der Waals surface area contributed by atoms with Crippen molar-refractivity contribution in [1.82, 2.24) is 19.4 Å². The monoisotopic (exact) mass is 1040 g/mol. The van der Waals surface area contributed by atoms with Crippen molar-refractivity contribution in [3.63, 3.8) is 0 Å². The maximum Gasteiger partial charge on any atom is 0.501 e. The molecule has 4 aliphatic rings. The number of likely N-dealkylation sites (tertiary alicyclic amines) is 1. The number of carbonyl (C=O) groups excluding carboxylic acids is 1. The second-order valence-corrected chi connectivity index (χ2v) is 26.4. The molecule has 3 heterocycles. The van der Waals surface area contributed by atoms with E-state index in [1.54, 1.807) is 12.1 Å². The molecule has 378 valence electrons. The van der Waals surface area contributed by atoms with E-state index in [9.17, 15) is 34.8 Å². The fourth-order valence-electron chi connectivity index (χ4n) is 10.3. The lowest BCUT2D eigenvalue weighted by Gasteiger charge is -2.61. The van der Waals surface area contributed by atoms with Crippen LogP contribution >= 0.6 is 23.4 Å². The van der Waals surface area contributed by atoms with Crippen LogP contribution in [0, 0.1) is 10.8 Å². The Morgan fingerprint density at radius 2 is 1.49 bits per heavy atom. The normalized spacial score (nSPS) is 19.6. The highest BCUT2D eigenvalue weighted by Gasteiger charge is 2.52. The molecule has 2 N–H and O–H groups in total. The lowest BCUT2D eigenvalue weighted by Crippen LogP contribution is -2.72. The van der Waals surface area contributed by atoms with Crippen molar-refractivity contribution >= 4 is 66.1 Å². The van der Waals surface area contributed by atoms with E-state index < -0.39 is 47.1 Å². The van der Waals surface area contributed by atoms with Gasteiger partial charge >= 0.3 is 5.51 Å². The quantitative estimate of drug-likeness (QED) is 0.104. The van der Waals surface area contributed by atoms with Crippen LogP contribution in [0.4, 0.5) is 24.5 Å². The van der Waals surface area contributed by atoms with Gasteiger partial charge in [0.15, 0.2) is 0 Å². The van der Waals surface area contributed by atoms with Gasteiger partial charge in [0, 0.05) is 109 Å². The zero-order chi connectivity index (χ0) is 50.3. The first kappa shape index (κ1) is 52.2. The summed E-state index contributed by atoms with van der Waals surface area (Å²) in [5.41, 5.74) is -0.635. The lowest BCUT2D eigenvalue weighted by atomic mass is 9.70. The number of allylic oxidation sites excluding steroid dienone is 1. The molecule has 18 heteroatoms. The first-order valence-electron chi connectivity index (χ1n) is 23.9. The fourth-order valence-corrected chi connectivity index (χ4v) is 13.4. The molecular formula is C52H64ClF3N6O5S3. The molecule has 8 rings (SSSR count). The molecule has 11 nitrogen and oxygen atoms in total. The third kappa shape index (κ3) is 12.2. The molecule has 4 aromatic carbocycles. The van der Waals surface area contributed by atoms with Crippen LogP contribution in [0.2, 0.25) is 5.02 Å². The van der Waals surface area contributed by atoms with Gasteiger partial charge in [-0.2, -0.15) is 13.2 Å². The van der Waals surface area contributed by atoms with Gasteiger partial charge in [0.25, 0.3) is 25.8 Å². The first-order valence-corrected chi connectivity index (χ1v) is 28.2. The van der Waals surface area contributed by atoms with Crippen LogP contribution in [0.3, 0.4) is 0 Å². The number of hydrogen-bond donors (Lipinski definition) is 2. The van der Waals surface area contributed by atoms with Gasteiger partial charge in [0.05, 0.1) is 10.6 Å². The summed E-state index contributed by atoms with van der Waals surface area (Å²) in [6, 6.07) is 26.1. The minimum atomic E-state index is -6.06. The van der Waals surface area contributed by atoms with Crippen LogP contribution in [0.5, 0.6) is 0 Å². The molecule has 0 aromatic heterocycles. The average Bonchev–Trinajstić information content (AvgIpc) is 3.27. The van der Waals surface area contributed by atoms with Crippen LogP contribution in [-0.2, 0) is 19.9 Å². The van der Waals surface area contributed by atoms with E-state index in [4.69, 9.17) is 11.6 Å². The minimum Gasteiger partial charge on any atom is -0.380 e. The van der Waals surface area contributed by atoms with Gasteiger partial charge in [-0.05, 0) is 130 Å². The second kappa shape index (κ2) is 20.4. The number of alkyl halides is 3. The van der Waals surface area contributed by atoms with Crippen LogP contribution in [0.15, 0.2) is 117 Å². The van der Waals surface area contributed by atoms with E-state index >= 15 is 0 Å². The Morgan fingerprint density at radius 3 is 2.11 bits per heavy atom. The Labute approximate surface area is 421 Å². The Bertz CT molecular complexity index is 2770. The molecule has 0 saturated carbocycles. The molecule has 3 saturated heterocycles. The number of nitrogens with one attached hydrogen (secondary N) is 2. The van der Waals surface area contributed by atoms with Crippen molar-refractivity contribution in [3.05, 3.63) is 119 Å². The van der Waals surface area contributed by atoms with Gasteiger partial charge in [-0.1, -0.05) is 61.4 Å². The number of anilines is 2. The van der Waals surface area contributed by atoms with Gasteiger partial charge in [-0.15, -0.1) is 11.8 Å². The molecule has 3 aliphatic heterocycles. The van der Waals surface area contributed by atoms with Crippen LogP contribution in [-0.4, -0.2) is 126 Å². The minimum absolute atomic E-state index is 0.0116. The maximum atomic E-state index is 14.3. The highest BCUT2D eigenvalue weighted by Crippen LogP contribution is 2.46. The van der Waals surface area contributed by atoms with Crippen molar-refractivity contribution in [1.29, 1.82) is 0 Å². The van der Waals surface area contributed by atoms with Crippen LogP contribution in [0.25, 0.3) is 5.57 Å². The predicted octanol–water partition coefficient (Wildman–Crippen LogP) is 9.92. The zero-order valence-electron chi connectivity index (χ0n) is 40.5. The highest BCUT2D eigenvalue weighted by molar-refractivity contribution is 7.99. The van der Waals surface area contributed by atoms with E-state index in [0.29, 0.717) is 24.8 Å². The number of thioether (sulfide) groups is 1. The van der Waals surface area contributed by atoms with Crippen molar-refractivity contribution in [2.45, 2.75) is 92.1 Å². The molecule has 70 heavy (non-hydrogen) atoms. The number of sulfone groups is 1.